The molecule has 0 spiro atoms. The van der Waals surface area contributed by atoms with Crippen LogP contribution in [0.2, 0.25) is 0 Å². The Hall–Kier alpha value is -2.89. The number of fused-ring (bicyclic) bond motifs is 1. The Bertz CT molecular complexity index is 875. The number of alkyl carbamates (subject to hydrolysis) is 1. The summed E-state index contributed by atoms with van der Waals surface area (Å²) in [5, 5.41) is 6.04. The number of rotatable bonds is 11. The summed E-state index contributed by atoms with van der Waals surface area (Å²) in [4.78, 5) is 27.3. The quantitative estimate of drug-likeness (QED) is 0.221. The number of ether oxygens (including phenoxy) is 6. The number of nitrogens with one attached hydrogen (secondary N) is 1. The zero-order valence-electron chi connectivity index (χ0n) is 19.4. The van der Waals surface area contributed by atoms with Crippen LogP contribution in [0.15, 0.2) is 35.4 Å². The molecule has 5 atom stereocenters. The van der Waals surface area contributed by atoms with Crippen LogP contribution in [-0.2, 0) is 39.8 Å². The maximum Gasteiger partial charge on any atom is 0.408 e. The number of esters is 1. The average Bonchev–Trinajstić information content (AvgIpc) is 3.40. The molecule has 2 aliphatic rings. The molecule has 34 heavy (non-hydrogen) atoms. The van der Waals surface area contributed by atoms with E-state index < -0.39 is 48.5 Å². The van der Waals surface area contributed by atoms with E-state index >= 15 is 0 Å². The van der Waals surface area contributed by atoms with E-state index in [0.29, 0.717) is 12.8 Å². The molecular formula is C22H30N4O8. The summed E-state index contributed by atoms with van der Waals surface area (Å²) in [5.41, 5.74) is 9.49. The molecule has 3 rings (SSSR count). The fourth-order valence-corrected chi connectivity index (χ4v) is 3.87. The van der Waals surface area contributed by atoms with Crippen molar-refractivity contribution in [3.05, 3.63) is 46.3 Å². The summed E-state index contributed by atoms with van der Waals surface area (Å²) < 4.78 is 33.9. The molecule has 0 unspecified atom stereocenters. The number of methoxy groups -OCH3 is 1. The summed E-state index contributed by atoms with van der Waals surface area (Å²) in [6.45, 7) is 3.71. The zero-order chi connectivity index (χ0) is 24.6. The zero-order valence-corrected chi connectivity index (χ0v) is 19.4. The number of carbonyl (C=O) groups excluding carboxylic acids is 2. The number of nitrogens with zero attached hydrogens (tertiary/aromatic N) is 3. The molecule has 2 fully saturated rings. The Balaban J connectivity index is 1.61. The minimum Gasteiger partial charge on any atom is -0.467 e. The third kappa shape index (κ3) is 6.16. The molecule has 0 bridgehead atoms. The highest BCUT2D eigenvalue weighted by Crippen LogP contribution is 2.42. The number of benzene rings is 1. The molecular weight excluding hydrogens is 448 g/mol. The highest BCUT2D eigenvalue weighted by molar-refractivity contribution is 5.81. The van der Waals surface area contributed by atoms with E-state index in [2.05, 4.69) is 15.3 Å². The third-order valence-corrected chi connectivity index (χ3v) is 5.79. The Kier molecular flexibility index (Phi) is 9.08. The van der Waals surface area contributed by atoms with Gasteiger partial charge in [-0.25, -0.2) is 9.59 Å². The van der Waals surface area contributed by atoms with Gasteiger partial charge in [-0.1, -0.05) is 49.3 Å². The largest absolute Gasteiger partial charge is 0.467 e. The Morgan fingerprint density at radius 3 is 2.56 bits per heavy atom. The molecule has 1 N–H and O–H groups in total. The first kappa shape index (κ1) is 25.7. The molecule has 186 valence electrons. The molecule has 12 nitrogen and oxygen atoms in total. The van der Waals surface area contributed by atoms with Gasteiger partial charge in [0.15, 0.2) is 18.1 Å². The van der Waals surface area contributed by atoms with Crippen molar-refractivity contribution >= 4 is 12.1 Å². The van der Waals surface area contributed by atoms with Gasteiger partial charge in [0, 0.05) is 4.91 Å². The number of hydrogen-bond acceptors (Lipinski definition) is 9. The summed E-state index contributed by atoms with van der Waals surface area (Å²) in [6, 6.07) is 7.98. The number of azide groups is 1. The van der Waals surface area contributed by atoms with Gasteiger partial charge in [-0.3, -0.25) is 0 Å². The van der Waals surface area contributed by atoms with E-state index in [-0.39, 0.29) is 19.8 Å². The van der Waals surface area contributed by atoms with Crippen LogP contribution in [0.5, 0.6) is 0 Å². The van der Waals surface area contributed by atoms with Crippen LogP contribution in [0.3, 0.4) is 0 Å². The summed E-state index contributed by atoms with van der Waals surface area (Å²) in [7, 11) is 1.20. The van der Waals surface area contributed by atoms with Crippen molar-refractivity contribution in [2.75, 3.05) is 20.3 Å². The topological polar surface area (TPSA) is 150 Å². The van der Waals surface area contributed by atoms with Crippen LogP contribution >= 0.6 is 0 Å². The monoisotopic (exact) mass is 478 g/mol. The van der Waals surface area contributed by atoms with Crippen LogP contribution < -0.4 is 5.32 Å². The molecule has 12 heteroatoms. The minimum atomic E-state index is -1.14. The summed E-state index contributed by atoms with van der Waals surface area (Å²) in [5.74, 6) is -1.51. The Morgan fingerprint density at radius 1 is 1.21 bits per heavy atom. The van der Waals surface area contributed by atoms with Gasteiger partial charge in [0.1, 0.15) is 18.8 Å². The summed E-state index contributed by atoms with van der Waals surface area (Å²) in [6.07, 6.45) is -2.17. The van der Waals surface area contributed by atoms with Gasteiger partial charge >= 0.3 is 12.1 Å². The van der Waals surface area contributed by atoms with Crippen molar-refractivity contribution < 1.29 is 38.0 Å². The predicted octanol–water partition coefficient (Wildman–Crippen LogP) is 2.81. The van der Waals surface area contributed by atoms with Crippen LogP contribution in [-0.4, -0.2) is 68.8 Å². The number of amides is 1. The predicted molar refractivity (Wildman–Crippen MR) is 117 cm³/mol. The van der Waals surface area contributed by atoms with E-state index in [1.807, 2.05) is 44.2 Å². The maximum atomic E-state index is 12.2. The Labute approximate surface area is 197 Å². The molecule has 2 aliphatic heterocycles. The normalized spacial score (nSPS) is 25.6. The number of hydrogen-bond donors (Lipinski definition) is 1. The van der Waals surface area contributed by atoms with Gasteiger partial charge in [0.2, 0.25) is 0 Å². The smallest absolute Gasteiger partial charge is 0.408 e. The van der Waals surface area contributed by atoms with Crippen LogP contribution in [0.25, 0.3) is 10.4 Å². The average molecular weight is 479 g/mol. The van der Waals surface area contributed by atoms with Gasteiger partial charge in [-0.05, 0) is 23.9 Å². The lowest BCUT2D eigenvalue weighted by molar-refractivity contribution is -0.248. The van der Waals surface area contributed by atoms with Crippen LogP contribution in [0.4, 0.5) is 4.79 Å². The van der Waals surface area contributed by atoms with Gasteiger partial charge < -0.3 is 33.7 Å². The van der Waals surface area contributed by atoms with Crippen molar-refractivity contribution in [1.82, 2.24) is 5.32 Å². The molecule has 2 saturated heterocycles. The first-order chi connectivity index (χ1) is 16.4. The van der Waals surface area contributed by atoms with E-state index in [1.165, 1.54) is 7.11 Å². The van der Waals surface area contributed by atoms with Crippen molar-refractivity contribution in [2.24, 2.45) is 5.11 Å². The number of carbonyl (C=O) groups is 2. The highest BCUT2D eigenvalue weighted by Gasteiger charge is 2.57. The Morgan fingerprint density at radius 2 is 1.91 bits per heavy atom. The third-order valence-electron chi connectivity index (χ3n) is 5.79. The maximum absolute atomic E-state index is 12.2. The van der Waals surface area contributed by atoms with E-state index in [4.69, 9.17) is 34.0 Å². The highest BCUT2D eigenvalue weighted by atomic mass is 16.8. The van der Waals surface area contributed by atoms with Crippen molar-refractivity contribution in [1.29, 1.82) is 0 Å². The van der Waals surface area contributed by atoms with E-state index in [1.54, 1.807) is 0 Å². The SMILES string of the molecule is CCC1(CC)O[C@H]2[C@H](OC[C@H](NC(=O)OCc3ccccc3)C(=O)OC)O[C@H](CN=[N+]=[N-])[C@H]2O1. The molecule has 2 heterocycles. The lowest BCUT2D eigenvalue weighted by atomic mass is 10.1. The van der Waals surface area contributed by atoms with Crippen molar-refractivity contribution in [2.45, 2.75) is 69.7 Å². The molecule has 1 aromatic rings. The molecule has 0 radical (unpaired) electrons. The lowest BCUT2D eigenvalue weighted by Crippen LogP contribution is -2.46. The fourth-order valence-electron chi connectivity index (χ4n) is 3.87. The first-order valence-corrected chi connectivity index (χ1v) is 11.1. The second-order valence-electron chi connectivity index (χ2n) is 7.85. The van der Waals surface area contributed by atoms with Crippen molar-refractivity contribution in [3.8, 4) is 0 Å². The van der Waals surface area contributed by atoms with Gasteiger partial charge in [-0.2, -0.15) is 0 Å². The molecule has 1 amide bonds. The van der Waals surface area contributed by atoms with Crippen LogP contribution in [0.1, 0.15) is 32.3 Å². The molecule has 0 saturated carbocycles. The first-order valence-electron chi connectivity index (χ1n) is 11.1. The molecule has 0 aliphatic carbocycles. The second-order valence-corrected chi connectivity index (χ2v) is 7.85. The standard InChI is InChI=1S/C22H30N4O8/c1-4-22(5-2)33-17-16(11-24-26-23)32-20(18(17)34-22)30-13-15(19(27)29-3)25-21(28)31-12-14-9-7-6-8-10-14/h6-10,15-18,20H,4-5,11-13H2,1-3H3,(H,25,28)/t15-,16+,17+,18+,20+/m0/s1. The van der Waals surface area contributed by atoms with E-state index in [0.717, 1.165) is 5.56 Å². The van der Waals surface area contributed by atoms with Crippen LogP contribution in [0, 0.1) is 0 Å². The van der Waals surface area contributed by atoms with Gasteiger partial charge in [0.25, 0.3) is 0 Å². The fraction of sp³-hybridized carbons (Fsp3) is 0.636. The van der Waals surface area contributed by atoms with Gasteiger partial charge in [-0.15, -0.1) is 0 Å². The molecule has 1 aromatic carbocycles. The second kappa shape index (κ2) is 12.0. The van der Waals surface area contributed by atoms with E-state index in [9.17, 15) is 9.59 Å². The lowest BCUT2D eigenvalue weighted by Gasteiger charge is -2.29. The summed E-state index contributed by atoms with van der Waals surface area (Å²) >= 11 is 0. The molecule has 0 aromatic heterocycles. The van der Waals surface area contributed by atoms with Gasteiger partial charge in [0.05, 0.1) is 26.4 Å². The minimum absolute atomic E-state index is 0.0366. The van der Waals surface area contributed by atoms with Crippen molar-refractivity contribution in [3.63, 3.8) is 0 Å².